The number of rotatable bonds is 16. The van der Waals surface area contributed by atoms with Gasteiger partial charge in [0.25, 0.3) is 11.7 Å². The van der Waals surface area contributed by atoms with Crippen molar-refractivity contribution in [3.05, 3.63) is 69.8 Å². The van der Waals surface area contributed by atoms with E-state index in [4.69, 9.17) is 38.2 Å². The Morgan fingerprint density at radius 3 is 2.15 bits per heavy atom. The third kappa shape index (κ3) is 14.6. The normalized spacial score (nSPS) is 25.9. The SMILES string of the molecule is CCC(=O)OCOC(=O)N(CCCC(C(C)=O)C(C)=O)CCOC(=O)N1C2=C3NC(=O)C(C)=CC=CC(C)C(O)C(C)C(O)C(C)C(OC(C)=O)C(C)C(OC)C=COC4(C)Oc5c(C)c(O)c(c(c5C4=O)C2=NC12CCN(CC(C)C)CC2)C3=O. The fraction of sp³-hybridized carbons (Fsp3) is 0.613. The summed E-state index contributed by atoms with van der Waals surface area (Å²) in [5.74, 6) is -11.2. The first kappa shape index (κ1) is 67.8. The van der Waals surface area contributed by atoms with E-state index in [0.29, 0.717) is 19.6 Å². The Kier molecular flexibility index (Phi) is 22.5. The molecule has 5 heterocycles. The number of fused-ring (bicyclic) bond motifs is 13. The highest BCUT2D eigenvalue weighted by molar-refractivity contribution is 6.35. The number of aliphatic imine (C=N–C) groups is 1. The second-order valence-electron chi connectivity index (χ2n) is 23.6. The Balaban J connectivity index is 1.51. The van der Waals surface area contributed by atoms with Crippen molar-refractivity contribution in [2.75, 3.05) is 53.2 Å². The first-order chi connectivity index (χ1) is 40.4. The number of Topliss-reactive ketones (excluding diaryl/α,β-unsaturated/α-hetero) is 4. The van der Waals surface area contributed by atoms with Gasteiger partial charge in [-0.25, -0.2) is 14.5 Å². The van der Waals surface area contributed by atoms with E-state index in [-0.39, 0.29) is 102 Å². The third-order valence-electron chi connectivity index (χ3n) is 16.8. The highest BCUT2D eigenvalue weighted by Gasteiger charge is 2.58. The molecule has 1 aromatic carbocycles. The van der Waals surface area contributed by atoms with Crippen LogP contribution in [0.2, 0.25) is 0 Å². The fourth-order valence-corrected chi connectivity index (χ4v) is 11.8. The van der Waals surface area contributed by atoms with Gasteiger partial charge in [-0.1, -0.05) is 66.7 Å². The molecule has 1 saturated heterocycles. The summed E-state index contributed by atoms with van der Waals surface area (Å²) >= 11 is 0. The lowest BCUT2D eigenvalue weighted by atomic mass is 9.78. The summed E-state index contributed by atoms with van der Waals surface area (Å²) in [7, 11) is 1.41. The molecule has 7 rings (SSSR count). The van der Waals surface area contributed by atoms with Gasteiger partial charge in [-0.05, 0) is 52.5 Å². The molecule has 0 aromatic heterocycles. The number of likely N-dealkylation sites (tertiary alicyclic amines) is 1. The number of carbonyl (C=O) groups is 9. The topological polar surface area (TPSA) is 313 Å². The van der Waals surface area contributed by atoms with Crippen molar-refractivity contribution < 1.29 is 91.6 Å². The molecule has 4 N–H and O–H groups in total. The molecule has 3 amide bonds. The molecule has 9 unspecified atom stereocenters. The number of nitrogens with zero attached hydrogens (tertiary/aromatic N) is 4. The highest BCUT2D eigenvalue weighted by atomic mass is 16.7. The van der Waals surface area contributed by atoms with Crippen molar-refractivity contribution in [3.8, 4) is 11.5 Å². The first-order valence-electron chi connectivity index (χ1n) is 29.3. The number of ketones is 4. The maximum Gasteiger partial charge on any atom is 0.416 e. The second kappa shape index (κ2) is 28.5. The molecule has 0 saturated carbocycles. The molecule has 0 radical (unpaired) electrons. The summed E-state index contributed by atoms with van der Waals surface area (Å²) in [5.41, 5.74) is -3.36. The summed E-state index contributed by atoms with van der Waals surface area (Å²) in [6.45, 7) is 20.2. The second-order valence-corrected chi connectivity index (χ2v) is 23.6. The lowest BCUT2D eigenvalue weighted by Crippen LogP contribution is -2.55. The Labute approximate surface area is 501 Å². The van der Waals surface area contributed by atoms with Crippen LogP contribution in [-0.4, -0.2) is 178 Å². The van der Waals surface area contributed by atoms with Crippen molar-refractivity contribution >= 4 is 58.9 Å². The van der Waals surface area contributed by atoms with Crippen molar-refractivity contribution in [1.82, 2.24) is 20.0 Å². The van der Waals surface area contributed by atoms with Gasteiger partial charge in [0.1, 0.15) is 52.8 Å². The maximum atomic E-state index is 15.6. The highest BCUT2D eigenvalue weighted by Crippen LogP contribution is 2.52. The standard InChI is InChI=1S/C62H85N5O19/c1-15-44(71)82-31-83-59(78)66(24-17-20-42(39(10)68)40(11)69)27-29-81-60(79)67-50-48(64-62(67)22-25-65(26-23-62)30-32(2)3)45-46-53(74)38(9)56-47(45)57(76)61(13,86-56)84-28-21-43(80-14)35(6)55(85-41(12)70)37(8)52(73)36(7)51(72)33(4)18-16-19-34(5)58(77)63-49(50)54(46)75/h16,18-19,21,28,32-33,35-37,42-43,51-52,55,72-74H,15,17,20,22-27,29-31H2,1-14H3,(H,63,77). The van der Waals surface area contributed by atoms with Crippen LogP contribution in [0.15, 0.2) is 52.5 Å². The molecular formula is C62H85N5O19. The number of benzene rings is 1. The summed E-state index contributed by atoms with van der Waals surface area (Å²) in [6, 6.07) is 0. The van der Waals surface area contributed by atoms with Gasteiger partial charge in [0.15, 0.2) is 0 Å². The average molecular weight is 1200 g/mol. The number of nitrogens with one attached hydrogen (secondary N) is 1. The number of carbonyl (C=O) groups excluding carboxylic acids is 9. The maximum absolute atomic E-state index is 15.6. The molecule has 24 heteroatoms. The van der Waals surface area contributed by atoms with Crippen LogP contribution in [0.5, 0.6) is 11.5 Å². The molecule has 9 atom stereocenters. The number of allylic oxidation sites excluding steroid dienone is 4. The Morgan fingerprint density at radius 2 is 1.55 bits per heavy atom. The molecule has 24 nitrogen and oxygen atoms in total. The van der Waals surface area contributed by atoms with Gasteiger partial charge in [0.05, 0.1) is 53.9 Å². The number of esters is 2. The van der Waals surface area contributed by atoms with E-state index in [1.807, 2.05) is 0 Å². The Morgan fingerprint density at radius 1 is 0.884 bits per heavy atom. The van der Waals surface area contributed by atoms with Crippen LogP contribution in [0.4, 0.5) is 9.59 Å². The zero-order valence-corrected chi connectivity index (χ0v) is 51.8. The Hall–Kier alpha value is -7.28. The van der Waals surface area contributed by atoms with Gasteiger partial charge < -0.3 is 63.6 Å². The van der Waals surface area contributed by atoms with Crippen LogP contribution in [0, 0.1) is 42.4 Å². The fourth-order valence-electron chi connectivity index (χ4n) is 11.8. The first-order valence-corrected chi connectivity index (χ1v) is 29.3. The number of aromatic hydroxyl groups is 1. The monoisotopic (exact) mass is 1200 g/mol. The summed E-state index contributed by atoms with van der Waals surface area (Å²) in [4.78, 5) is 133. The van der Waals surface area contributed by atoms with E-state index in [1.165, 1.54) is 78.0 Å². The quantitative estimate of drug-likeness (QED) is 0.0603. The number of hydrogen-bond acceptors (Lipinski definition) is 21. The van der Waals surface area contributed by atoms with Crippen LogP contribution in [-0.2, 0) is 52.4 Å². The third-order valence-corrected chi connectivity index (χ3v) is 16.8. The zero-order chi connectivity index (χ0) is 63.9. The molecule has 1 aromatic rings. The van der Waals surface area contributed by atoms with Crippen LogP contribution in [0.3, 0.4) is 0 Å². The number of piperidine rings is 1. The largest absolute Gasteiger partial charge is 0.507 e. The predicted molar refractivity (Wildman–Crippen MR) is 310 cm³/mol. The minimum absolute atomic E-state index is 0.00797. The average Bonchev–Trinajstić information content (AvgIpc) is 1.50. The molecule has 6 aliphatic rings. The number of ether oxygens (including phenoxy) is 7. The lowest BCUT2D eigenvalue weighted by Gasteiger charge is -2.43. The molecule has 5 bridgehead atoms. The van der Waals surface area contributed by atoms with Crippen LogP contribution < -0.4 is 10.1 Å². The minimum atomic E-state index is -2.19. The number of aliphatic hydroxyl groups is 2. The van der Waals surface area contributed by atoms with Crippen molar-refractivity contribution in [2.45, 2.75) is 158 Å². The molecule has 1 aliphatic carbocycles. The molecule has 5 aliphatic heterocycles. The van der Waals surface area contributed by atoms with Gasteiger partial charge >= 0.3 is 29.9 Å². The molecular weight excluding hydrogens is 1120 g/mol. The summed E-state index contributed by atoms with van der Waals surface area (Å²) in [5, 5.41) is 38.3. The van der Waals surface area contributed by atoms with Crippen molar-refractivity contribution in [3.63, 3.8) is 0 Å². The number of phenolic OH excluding ortho intramolecular Hbond substituents is 1. The number of aliphatic hydroxyl groups excluding tert-OH is 2. The lowest BCUT2D eigenvalue weighted by molar-refractivity contribution is -0.160. The van der Waals surface area contributed by atoms with Crippen molar-refractivity contribution in [2.24, 2.45) is 40.5 Å². The van der Waals surface area contributed by atoms with E-state index in [9.17, 15) is 44.1 Å². The number of hydrogen-bond donors (Lipinski definition) is 4. The van der Waals surface area contributed by atoms with E-state index in [0.717, 1.165) is 4.90 Å². The number of amides is 3. The van der Waals surface area contributed by atoms with E-state index in [2.05, 4.69) is 24.1 Å². The van der Waals surface area contributed by atoms with E-state index in [1.54, 1.807) is 40.7 Å². The predicted octanol–water partition coefficient (Wildman–Crippen LogP) is 6.39. The molecule has 86 heavy (non-hydrogen) atoms. The molecule has 472 valence electrons. The summed E-state index contributed by atoms with van der Waals surface area (Å²) < 4.78 is 40.4. The number of phenols is 1. The van der Waals surface area contributed by atoms with Crippen LogP contribution in [0.1, 0.15) is 147 Å². The van der Waals surface area contributed by atoms with E-state index >= 15 is 14.4 Å². The van der Waals surface area contributed by atoms with Crippen LogP contribution in [0.25, 0.3) is 0 Å². The van der Waals surface area contributed by atoms with Crippen molar-refractivity contribution in [1.29, 1.82) is 0 Å². The van der Waals surface area contributed by atoms with Gasteiger partial charge in [-0.2, -0.15) is 0 Å². The van der Waals surface area contributed by atoms with E-state index < -0.39 is 137 Å². The summed E-state index contributed by atoms with van der Waals surface area (Å²) in [6.07, 6.45) is 1.40. The zero-order valence-electron chi connectivity index (χ0n) is 51.8. The van der Waals surface area contributed by atoms with Gasteiger partial charge in [-0.15, -0.1) is 0 Å². The van der Waals surface area contributed by atoms with Gasteiger partial charge in [0, 0.05) is 107 Å². The number of methoxy groups -OCH3 is 1. The Bertz CT molecular complexity index is 2960. The van der Waals surface area contributed by atoms with Gasteiger partial charge in [-0.3, -0.25) is 38.6 Å². The van der Waals surface area contributed by atoms with Gasteiger partial charge in [0.2, 0.25) is 12.6 Å². The smallest absolute Gasteiger partial charge is 0.416 e. The minimum Gasteiger partial charge on any atom is -0.507 e. The van der Waals surface area contributed by atoms with Crippen LogP contribution >= 0.6 is 0 Å². The molecule has 1 spiro atoms. The molecule has 1 fully saturated rings.